The van der Waals surface area contributed by atoms with Crippen LogP contribution < -0.4 is 0 Å². The van der Waals surface area contributed by atoms with Gasteiger partial charge in [0.05, 0.1) is 5.03 Å². The lowest BCUT2D eigenvalue weighted by molar-refractivity contribution is -0.191. The Morgan fingerprint density at radius 3 is 2.22 bits per heavy atom. The van der Waals surface area contributed by atoms with E-state index in [9.17, 15) is 14.7 Å². The molecule has 0 saturated heterocycles. The van der Waals surface area contributed by atoms with E-state index in [4.69, 9.17) is 32.7 Å². The molecule has 1 aliphatic rings. The molecule has 7 heteroatoms. The van der Waals surface area contributed by atoms with Gasteiger partial charge < -0.3 is 14.6 Å². The first-order chi connectivity index (χ1) is 10.6. The lowest BCUT2D eigenvalue weighted by atomic mass is 9.87. The van der Waals surface area contributed by atoms with E-state index in [0.717, 1.165) is 0 Å². The van der Waals surface area contributed by atoms with Crippen molar-refractivity contribution in [1.82, 2.24) is 0 Å². The van der Waals surface area contributed by atoms with Crippen LogP contribution in [0.25, 0.3) is 0 Å². The maximum Gasteiger partial charge on any atom is 0.351 e. The van der Waals surface area contributed by atoms with Gasteiger partial charge in [0.15, 0.2) is 6.10 Å². The summed E-state index contributed by atoms with van der Waals surface area (Å²) in [4.78, 5) is 24.3. The molecule has 1 N–H and O–H groups in total. The van der Waals surface area contributed by atoms with Gasteiger partial charge in [0, 0.05) is 0 Å². The number of esters is 2. The van der Waals surface area contributed by atoms with Crippen LogP contribution in [0.5, 0.6) is 0 Å². The van der Waals surface area contributed by atoms with Crippen molar-refractivity contribution in [2.45, 2.75) is 38.1 Å². The molecule has 5 nitrogen and oxygen atoms in total. The highest BCUT2D eigenvalue weighted by atomic mass is 35.5. The van der Waals surface area contributed by atoms with Crippen LogP contribution >= 0.6 is 23.2 Å². The Balaban J connectivity index is 2.54. The van der Waals surface area contributed by atoms with Crippen molar-refractivity contribution in [2.24, 2.45) is 0 Å². The number of carbonyl (C=O) groups excluding carboxylic acids is 2. The Morgan fingerprint density at radius 2 is 1.78 bits per heavy atom. The third kappa shape index (κ3) is 3.37. The van der Waals surface area contributed by atoms with Crippen LogP contribution in [0.3, 0.4) is 0 Å². The summed E-state index contributed by atoms with van der Waals surface area (Å²) >= 11 is 11.8. The van der Waals surface area contributed by atoms with Crippen molar-refractivity contribution in [3.8, 4) is 0 Å². The van der Waals surface area contributed by atoms with E-state index in [-0.39, 0.29) is 15.6 Å². The van der Waals surface area contributed by atoms with Crippen molar-refractivity contribution >= 4 is 35.1 Å². The summed E-state index contributed by atoms with van der Waals surface area (Å²) in [6, 6.07) is 7.98. The molecule has 2 atom stereocenters. The second-order valence-electron chi connectivity index (χ2n) is 6.08. The SMILES string of the molecule is CC(C)(C)OC(=O)[C@](O)(c1ccccc1)[C@@H]1OC(=O)C(Cl)=C1Cl. The van der Waals surface area contributed by atoms with Gasteiger partial charge in [0.25, 0.3) is 0 Å². The molecule has 124 valence electrons. The predicted octanol–water partition coefficient (Wildman–Crippen LogP) is 2.83. The van der Waals surface area contributed by atoms with Gasteiger partial charge in [0.2, 0.25) is 5.60 Å². The van der Waals surface area contributed by atoms with Crippen LogP contribution in [0.15, 0.2) is 40.4 Å². The van der Waals surface area contributed by atoms with Gasteiger partial charge in [-0.15, -0.1) is 0 Å². The van der Waals surface area contributed by atoms with E-state index in [1.165, 1.54) is 12.1 Å². The van der Waals surface area contributed by atoms with Crippen molar-refractivity contribution in [3.63, 3.8) is 0 Å². The third-order valence-corrected chi connectivity index (χ3v) is 3.99. The summed E-state index contributed by atoms with van der Waals surface area (Å²) in [7, 11) is 0. The molecule has 23 heavy (non-hydrogen) atoms. The maximum atomic E-state index is 12.6. The van der Waals surface area contributed by atoms with Crippen LogP contribution in [0, 0.1) is 0 Å². The zero-order chi connectivity index (χ0) is 17.4. The Hall–Kier alpha value is -1.56. The summed E-state index contributed by atoms with van der Waals surface area (Å²) in [5.41, 5.74) is -2.99. The van der Waals surface area contributed by atoms with Crippen LogP contribution in [-0.4, -0.2) is 28.8 Å². The summed E-state index contributed by atoms with van der Waals surface area (Å²) in [5, 5.41) is 10.5. The van der Waals surface area contributed by atoms with E-state index in [1.54, 1.807) is 39.0 Å². The summed E-state index contributed by atoms with van der Waals surface area (Å²) in [6.07, 6.45) is -1.47. The second-order valence-corrected chi connectivity index (χ2v) is 6.87. The number of hydrogen-bond donors (Lipinski definition) is 1. The highest BCUT2D eigenvalue weighted by Crippen LogP contribution is 2.41. The predicted molar refractivity (Wildman–Crippen MR) is 84.8 cm³/mol. The largest absolute Gasteiger partial charge is 0.457 e. The van der Waals surface area contributed by atoms with E-state index < -0.39 is 29.2 Å². The van der Waals surface area contributed by atoms with Crippen molar-refractivity contribution in [1.29, 1.82) is 0 Å². The topological polar surface area (TPSA) is 72.8 Å². The molecular formula is C16H16Cl2O5. The minimum atomic E-state index is -2.31. The molecule has 0 amide bonds. The van der Waals surface area contributed by atoms with Crippen LogP contribution in [-0.2, 0) is 24.7 Å². The third-order valence-electron chi connectivity index (χ3n) is 3.15. The zero-order valence-electron chi connectivity index (χ0n) is 12.8. The van der Waals surface area contributed by atoms with Gasteiger partial charge in [-0.05, 0) is 26.3 Å². The fourth-order valence-electron chi connectivity index (χ4n) is 2.12. The smallest absolute Gasteiger partial charge is 0.351 e. The van der Waals surface area contributed by atoms with Gasteiger partial charge in [-0.2, -0.15) is 0 Å². The molecule has 0 aliphatic carbocycles. The fourth-order valence-corrected chi connectivity index (χ4v) is 2.54. The number of carbonyl (C=O) groups is 2. The Kier molecular flexibility index (Phi) is 4.76. The molecule has 0 fully saturated rings. The normalized spacial score (nSPS) is 21.0. The van der Waals surface area contributed by atoms with Crippen molar-refractivity contribution < 1.29 is 24.2 Å². The van der Waals surface area contributed by atoms with E-state index in [2.05, 4.69) is 0 Å². The maximum absolute atomic E-state index is 12.6. The molecule has 0 saturated carbocycles. The molecule has 0 radical (unpaired) electrons. The minimum Gasteiger partial charge on any atom is -0.457 e. The van der Waals surface area contributed by atoms with Crippen LogP contribution in [0.2, 0.25) is 0 Å². The zero-order valence-corrected chi connectivity index (χ0v) is 14.3. The van der Waals surface area contributed by atoms with E-state index >= 15 is 0 Å². The van der Waals surface area contributed by atoms with Crippen molar-refractivity contribution in [2.75, 3.05) is 0 Å². The number of benzene rings is 1. The molecule has 2 rings (SSSR count). The monoisotopic (exact) mass is 358 g/mol. The summed E-state index contributed by atoms with van der Waals surface area (Å²) < 4.78 is 10.3. The highest BCUT2D eigenvalue weighted by molar-refractivity contribution is 6.48. The lowest BCUT2D eigenvalue weighted by Crippen LogP contribution is -2.50. The number of rotatable bonds is 3. The molecule has 0 aromatic heterocycles. The first-order valence-corrected chi connectivity index (χ1v) is 7.60. The molecule has 0 spiro atoms. The summed E-state index contributed by atoms with van der Waals surface area (Å²) in [6.45, 7) is 4.96. The van der Waals surface area contributed by atoms with Gasteiger partial charge >= 0.3 is 11.9 Å². The first-order valence-electron chi connectivity index (χ1n) is 6.85. The number of hydrogen-bond acceptors (Lipinski definition) is 5. The number of halogens is 2. The van der Waals surface area contributed by atoms with E-state index in [1.807, 2.05) is 0 Å². The quantitative estimate of drug-likeness (QED) is 0.841. The Labute approximate surface area is 143 Å². The average Bonchev–Trinajstić information content (AvgIpc) is 2.73. The number of ether oxygens (including phenoxy) is 2. The Bertz CT molecular complexity index is 663. The highest BCUT2D eigenvalue weighted by Gasteiger charge is 2.55. The fraction of sp³-hybridized carbons (Fsp3) is 0.375. The number of aliphatic hydroxyl groups is 1. The van der Waals surface area contributed by atoms with Gasteiger partial charge in [0.1, 0.15) is 10.6 Å². The first kappa shape index (κ1) is 17.8. The molecule has 0 bridgehead atoms. The molecule has 1 aliphatic heterocycles. The standard InChI is InChI=1S/C16H16Cl2O5/c1-15(2,3)23-14(20)16(21,9-7-5-4-6-8-9)12-10(17)11(18)13(19)22-12/h4-8,12,21H,1-3H3/t12-,16+/m1/s1. The van der Waals surface area contributed by atoms with Gasteiger partial charge in [-0.1, -0.05) is 53.5 Å². The average molecular weight is 359 g/mol. The molecule has 1 aromatic carbocycles. The molecule has 1 heterocycles. The lowest BCUT2D eigenvalue weighted by Gasteiger charge is -2.33. The minimum absolute atomic E-state index is 0.177. The van der Waals surface area contributed by atoms with Crippen molar-refractivity contribution in [3.05, 3.63) is 46.0 Å². The van der Waals surface area contributed by atoms with E-state index in [0.29, 0.717) is 0 Å². The molecule has 1 aromatic rings. The van der Waals surface area contributed by atoms with Crippen LogP contribution in [0.1, 0.15) is 26.3 Å². The van der Waals surface area contributed by atoms with Gasteiger partial charge in [-0.25, -0.2) is 9.59 Å². The summed E-state index contributed by atoms with van der Waals surface area (Å²) in [5.74, 6) is -1.89. The molecule has 0 unspecified atom stereocenters. The Morgan fingerprint density at radius 1 is 1.22 bits per heavy atom. The number of cyclic esters (lactones) is 1. The molecular weight excluding hydrogens is 343 g/mol. The van der Waals surface area contributed by atoms with Crippen LogP contribution in [0.4, 0.5) is 0 Å². The van der Waals surface area contributed by atoms with Gasteiger partial charge in [-0.3, -0.25) is 0 Å². The second kappa shape index (κ2) is 6.15.